The molecule has 4 rings (SSSR count). The molecule has 12 nitrogen and oxygen atoms in total. The maximum atomic E-state index is 13.7. The van der Waals surface area contributed by atoms with Crippen LogP contribution in [-0.2, 0) is 25.0 Å². The molecule has 1 amide bonds. The summed E-state index contributed by atoms with van der Waals surface area (Å²) in [6.07, 6.45) is 0.734. The van der Waals surface area contributed by atoms with Crippen molar-refractivity contribution >= 4 is 48.6 Å². The fraction of sp³-hybridized carbons (Fsp3) is 0.250. The molecule has 0 aromatic heterocycles. The summed E-state index contributed by atoms with van der Waals surface area (Å²) >= 11 is 0. The predicted octanol–water partition coefficient (Wildman–Crippen LogP) is 2.02. The minimum absolute atomic E-state index is 0.0702. The van der Waals surface area contributed by atoms with E-state index in [0.717, 1.165) is 0 Å². The van der Waals surface area contributed by atoms with Crippen molar-refractivity contribution in [1.29, 1.82) is 0 Å². The number of carbonyl (C=O) groups excluding carboxylic acids is 2. The third-order valence-corrected chi connectivity index (χ3v) is 8.75. The number of carbonyl (C=O) groups is 2. The number of ketones is 1. The van der Waals surface area contributed by atoms with Crippen LogP contribution in [0.2, 0.25) is 0 Å². The summed E-state index contributed by atoms with van der Waals surface area (Å²) in [6.45, 7) is 3.87. The van der Waals surface area contributed by atoms with Gasteiger partial charge in [-0.2, -0.15) is 16.8 Å². The number of Topliss-reactive ketones (excluding diaryl/α,β-unsaturated/α-hetero) is 1. The van der Waals surface area contributed by atoms with E-state index in [0.29, 0.717) is 12.8 Å². The Morgan fingerprint density at radius 2 is 1.60 bits per heavy atom. The van der Waals surface area contributed by atoms with Crippen LogP contribution in [-0.4, -0.2) is 56.1 Å². The Bertz CT molecular complexity index is 1980. The summed E-state index contributed by atoms with van der Waals surface area (Å²) in [5, 5.41) is 5.57. The average molecular weight is 617 g/mol. The highest BCUT2D eigenvalue weighted by Gasteiger charge is 2.33. The van der Waals surface area contributed by atoms with Crippen molar-refractivity contribution in [3.05, 3.63) is 59.5 Å². The number of benzene rings is 3. The van der Waals surface area contributed by atoms with E-state index in [-0.39, 0.29) is 45.9 Å². The summed E-state index contributed by atoms with van der Waals surface area (Å²) in [5.41, 5.74) is 5.64. The van der Waals surface area contributed by atoms with E-state index in [1.807, 2.05) is 0 Å². The van der Waals surface area contributed by atoms with Crippen LogP contribution < -0.4 is 16.5 Å². The van der Waals surface area contributed by atoms with E-state index < -0.39 is 58.3 Å². The molecule has 0 saturated heterocycles. The Balaban J connectivity index is 2.04. The molecular formula is C28H30N3O9S2+. The Morgan fingerprint density at radius 3 is 2.21 bits per heavy atom. The van der Waals surface area contributed by atoms with Gasteiger partial charge in [0.15, 0.2) is 16.2 Å². The normalized spacial score (nSPS) is 12.2. The molecular weight excluding hydrogens is 586 g/mol. The maximum Gasteiger partial charge on any atom is 0.304 e. The molecule has 42 heavy (non-hydrogen) atoms. The fourth-order valence-corrected chi connectivity index (χ4v) is 6.30. The number of hydrogen-bond donors (Lipinski definition) is 4. The minimum Gasteiger partial charge on any atom is -0.453 e. The van der Waals surface area contributed by atoms with Gasteiger partial charge < -0.3 is 15.1 Å². The number of hydrogen-bond acceptors (Lipinski definition) is 8. The van der Waals surface area contributed by atoms with Gasteiger partial charge in [0.25, 0.3) is 16.0 Å². The van der Waals surface area contributed by atoms with E-state index in [2.05, 4.69) is 0 Å². The SMILES string of the molecule is CC(C)C(=O)CCCN(C)C(=O)c1ccccc1-c1c2ccc(=[NH2+])c(S(=O)(=O)O)c-2oc2c(S(=O)(=O)O)c(N)ccc12. The maximum absolute atomic E-state index is 13.7. The molecule has 0 atom stereocenters. The largest absolute Gasteiger partial charge is 0.453 e. The molecule has 2 aliphatic rings. The first-order chi connectivity index (χ1) is 19.5. The monoisotopic (exact) mass is 616 g/mol. The van der Waals surface area contributed by atoms with Gasteiger partial charge in [0, 0.05) is 54.1 Å². The second-order valence-corrected chi connectivity index (χ2v) is 12.9. The summed E-state index contributed by atoms with van der Waals surface area (Å²) < 4.78 is 75.4. The fourth-order valence-electron chi connectivity index (χ4n) is 4.80. The molecule has 0 radical (unpaired) electrons. The minimum atomic E-state index is -5.01. The average Bonchev–Trinajstić information content (AvgIpc) is 2.89. The summed E-state index contributed by atoms with van der Waals surface area (Å²) in [5.74, 6) is -0.996. The quantitative estimate of drug-likeness (QED) is 0.122. The highest BCUT2D eigenvalue weighted by atomic mass is 32.2. The lowest BCUT2D eigenvalue weighted by molar-refractivity contribution is -0.176. The molecule has 0 bridgehead atoms. The lowest BCUT2D eigenvalue weighted by atomic mass is 9.90. The molecule has 222 valence electrons. The van der Waals surface area contributed by atoms with Gasteiger partial charge >= 0.3 is 10.1 Å². The highest BCUT2D eigenvalue weighted by molar-refractivity contribution is 7.86. The van der Waals surface area contributed by atoms with Gasteiger partial charge in [0.05, 0.1) is 5.69 Å². The number of rotatable bonds is 9. The van der Waals surface area contributed by atoms with Crippen LogP contribution in [0.15, 0.2) is 62.7 Å². The van der Waals surface area contributed by atoms with Crippen LogP contribution in [0.1, 0.15) is 37.0 Å². The van der Waals surface area contributed by atoms with Crippen molar-refractivity contribution in [2.75, 3.05) is 19.3 Å². The second kappa shape index (κ2) is 11.3. The molecule has 0 spiro atoms. The summed E-state index contributed by atoms with van der Waals surface area (Å²) in [4.78, 5) is 25.5. The first kappa shape index (κ1) is 30.8. The number of nitrogens with zero attached hydrogens (tertiary/aromatic N) is 1. The van der Waals surface area contributed by atoms with Crippen LogP contribution in [0, 0.1) is 5.92 Å². The molecule has 0 saturated carbocycles. The molecule has 0 unspecified atom stereocenters. The van der Waals surface area contributed by atoms with Gasteiger partial charge in [0.2, 0.25) is 10.3 Å². The lowest BCUT2D eigenvalue weighted by Gasteiger charge is -2.22. The third kappa shape index (κ3) is 5.79. The van der Waals surface area contributed by atoms with Gasteiger partial charge in [-0.3, -0.25) is 24.1 Å². The molecule has 1 aliphatic carbocycles. The van der Waals surface area contributed by atoms with Crippen molar-refractivity contribution in [3.8, 4) is 22.5 Å². The number of anilines is 1. The Hall–Kier alpha value is -4.11. The first-order valence-corrected chi connectivity index (χ1v) is 15.6. The van der Waals surface area contributed by atoms with Crippen molar-refractivity contribution in [1.82, 2.24) is 4.90 Å². The topological polar surface area (TPSA) is 211 Å². The number of nitrogen functional groups attached to an aromatic ring is 1. The van der Waals surface area contributed by atoms with Gasteiger partial charge in [-0.15, -0.1) is 0 Å². The Labute approximate surface area is 242 Å². The van der Waals surface area contributed by atoms with E-state index in [1.54, 1.807) is 39.1 Å². The predicted molar refractivity (Wildman–Crippen MR) is 153 cm³/mol. The standard InChI is InChI=1S/C28H29N3O9S2/c1-15(2)22(32)9-6-14-31(3)28(33)17-8-5-4-7-16(17)23-18-10-12-20(29)26(41(34,35)36)24(18)40-25-19(23)11-13-21(30)27(25)42(37,38)39/h4-5,7-8,10-13,15,29H,6,9,14,30H2,1-3H3,(H,34,35,36)(H,37,38,39)/p+1. The first-order valence-electron chi connectivity index (χ1n) is 12.8. The van der Waals surface area contributed by atoms with E-state index in [1.165, 1.54) is 35.2 Å². The van der Waals surface area contributed by atoms with Crippen molar-refractivity contribution in [2.24, 2.45) is 5.92 Å². The molecule has 14 heteroatoms. The molecule has 1 aliphatic heterocycles. The highest BCUT2D eigenvalue weighted by Crippen LogP contribution is 2.45. The third-order valence-electron chi connectivity index (χ3n) is 6.88. The number of fused-ring (bicyclic) bond motifs is 2. The smallest absolute Gasteiger partial charge is 0.304 e. The van der Waals surface area contributed by atoms with E-state index >= 15 is 0 Å². The zero-order valence-corrected chi connectivity index (χ0v) is 24.6. The van der Waals surface area contributed by atoms with Gasteiger partial charge in [-0.05, 0) is 36.2 Å². The molecule has 0 fully saturated rings. The van der Waals surface area contributed by atoms with Crippen molar-refractivity contribution in [2.45, 2.75) is 36.5 Å². The van der Waals surface area contributed by atoms with E-state index in [4.69, 9.17) is 15.6 Å². The van der Waals surface area contributed by atoms with Crippen LogP contribution in [0.4, 0.5) is 5.69 Å². The molecule has 6 N–H and O–H groups in total. The number of amides is 1. The molecule has 1 heterocycles. The van der Waals surface area contributed by atoms with Gasteiger partial charge in [-0.25, -0.2) is 0 Å². The van der Waals surface area contributed by atoms with E-state index in [9.17, 15) is 35.5 Å². The zero-order chi connectivity index (χ0) is 31.1. The van der Waals surface area contributed by atoms with Crippen LogP contribution in [0.25, 0.3) is 33.4 Å². The lowest BCUT2D eigenvalue weighted by Crippen LogP contribution is -2.47. The second-order valence-electron chi connectivity index (χ2n) is 10.1. The van der Waals surface area contributed by atoms with Gasteiger partial charge in [-0.1, -0.05) is 32.0 Å². The van der Waals surface area contributed by atoms with Crippen molar-refractivity contribution in [3.63, 3.8) is 0 Å². The van der Waals surface area contributed by atoms with Gasteiger partial charge in [0.1, 0.15) is 5.78 Å². The van der Waals surface area contributed by atoms with Crippen LogP contribution >= 0.6 is 0 Å². The van der Waals surface area contributed by atoms with Crippen molar-refractivity contribution < 1.29 is 45.4 Å². The Morgan fingerprint density at radius 1 is 0.952 bits per heavy atom. The summed E-state index contributed by atoms with van der Waals surface area (Å²) in [7, 11) is -8.46. The van der Waals surface area contributed by atoms with Crippen LogP contribution in [0.3, 0.4) is 0 Å². The number of nitrogens with two attached hydrogens (primary N) is 2. The molecule has 2 aromatic carbocycles. The zero-order valence-electron chi connectivity index (χ0n) is 23.0. The van der Waals surface area contributed by atoms with Crippen LogP contribution in [0.5, 0.6) is 0 Å². The summed E-state index contributed by atoms with van der Waals surface area (Å²) in [6, 6.07) is 11.6. The Kier molecular flexibility index (Phi) is 8.29. The molecule has 2 aromatic rings.